The van der Waals surface area contributed by atoms with Crippen molar-refractivity contribution in [2.24, 2.45) is 0 Å². The molecular weight excluding hydrogens is 406 g/mol. The van der Waals surface area contributed by atoms with E-state index >= 15 is 0 Å². The number of nitrogens with zero attached hydrogens (tertiary/aromatic N) is 2. The summed E-state index contributed by atoms with van der Waals surface area (Å²) in [4.78, 5) is 27.9. The topological polar surface area (TPSA) is 112 Å². The Labute approximate surface area is 174 Å². The van der Waals surface area contributed by atoms with Crippen molar-refractivity contribution in [1.82, 2.24) is 4.98 Å². The molecule has 0 atom stereocenters. The second-order valence-electron chi connectivity index (χ2n) is 6.33. The molecule has 3 N–H and O–H groups in total. The van der Waals surface area contributed by atoms with Gasteiger partial charge in [-0.05, 0) is 36.4 Å². The molecule has 1 aromatic heterocycles. The van der Waals surface area contributed by atoms with Gasteiger partial charge in [-0.15, -0.1) is 11.3 Å². The number of thiazole rings is 1. The van der Waals surface area contributed by atoms with Crippen molar-refractivity contribution in [2.75, 3.05) is 12.4 Å². The minimum Gasteiger partial charge on any atom is -0.507 e. The van der Waals surface area contributed by atoms with E-state index in [9.17, 15) is 20.0 Å². The van der Waals surface area contributed by atoms with E-state index in [2.05, 4.69) is 10.3 Å². The van der Waals surface area contributed by atoms with E-state index in [-0.39, 0.29) is 27.7 Å². The minimum absolute atomic E-state index is 0.0247. The third-order valence-electron chi connectivity index (χ3n) is 4.43. The van der Waals surface area contributed by atoms with Crippen LogP contribution >= 0.6 is 11.3 Å². The molecular formula is C21H16N3O5S+. The van der Waals surface area contributed by atoms with Gasteiger partial charge in [-0.25, -0.2) is 10.2 Å². The van der Waals surface area contributed by atoms with Gasteiger partial charge in [-0.1, -0.05) is 12.1 Å². The normalized spacial score (nSPS) is 10.7. The molecule has 150 valence electrons. The third kappa shape index (κ3) is 3.65. The van der Waals surface area contributed by atoms with Gasteiger partial charge in [0.2, 0.25) is 5.75 Å². The van der Waals surface area contributed by atoms with Gasteiger partial charge in [0.25, 0.3) is 10.8 Å². The lowest BCUT2D eigenvalue weighted by atomic mass is 10.1. The number of aromatic hydroxyl groups is 1. The van der Waals surface area contributed by atoms with Gasteiger partial charge in [0.15, 0.2) is 0 Å². The number of anilines is 1. The van der Waals surface area contributed by atoms with E-state index in [4.69, 9.17) is 4.74 Å². The molecule has 8 nitrogen and oxygen atoms in total. The summed E-state index contributed by atoms with van der Waals surface area (Å²) in [5.41, 5.74) is 1.71. The van der Waals surface area contributed by atoms with Gasteiger partial charge in [-0.2, -0.15) is 0 Å². The highest BCUT2D eigenvalue weighted by Gasteiger charge is 2.22. The number of hydrogen-bond acceptors (Lipinski definition) is 6. The first kappa shape index (κ1) is 19.3. The Balaban J connectivity index is 1.58. The smallest absolute Gasteiger partial charge is 0.358 e. The molecule has 1 heterocycles. The average Bonchev–Trinajstić information content (AvgIpc) is 3.17. The molecule has 4 aromatic rings. The molecule has 1 amide bonds. The SMILES string of the molecule is COc1ccc(C(=O)Nc2ccc(-c3nc4ccccc4s3)c(O)c2)cc1[N+](=O)O. The van der Waals surface area contributed by atoms with Crippen LogP contribution in [-0.2, 0) is 0 Å². The van der Waals surface area contributed by atoms with Gasteiger partial charge in [0.05, 0.1) is 27.8 Å². The summed E-state index contributed by atoms with van der Waals surface area (Å²) < 4.78 is 5.99. The zero-order valence-corrected chi connectivity index (χ0v) is 16.5. The maximum Gasteiger partial charge on any atom is 0.358 e. The second kappa shape index (κ2) is 7.80. The summed E-state index contributed by atoms with van der Waals surface area (Å²) in [6.07, 6.45) is 0. The van der Waals surface area contributed by atoms with Crippen molar-refractivity contribution in [1.29, 1.82) is 0 Å². The first-order chi connectivity index (χ1) is 14.5. The average molecular weight is 422 g/mol. The lowest BCUT2D eigenvalue weighted by Crippen LogP contribution is -2.12. The monoisotopic (exact) mass is 422 g/mol. The van der Waals surface area contributed by atoms with E-state index in [1.807, 2.05) is 24.3 Å². The maximum atomic E-state index is 12.5. The number of fused-ring (bicyclic) bond motifs is 1. The number of benzene rings is 3. The van der Waals surface area contributed by atoms with Crippen LogP contribution in [0.2, 0.25) is 0 Å². The first-order valence-electron chi connectivity index (χ1n) is 8.81. The molecule has 0 aliphatic heterocycles. The van der Waals surface area contributed by atoms with Crippen molar-refractivity contribution in [3.05, 3.63) is 71.1 Å². The highest BCUT2D eigenvalue weighted by Crippen LogP contribution is 2.36. The Hall–Kier alpha value is -3.98. The molecule has 0 fully saturated rings. The zero-order chi connectivity index (χ0) is 21.3. The van der Waals surface area contributed by atoms with Crippen molar-refractivity contribution < 1.29 is 24.8 Å². The number of rotatable bonds is 5. The van der Waals surface area contributed by atoms with Crippen LogP contribution < -0.4 is 10.1 Å². The highest BCUT2D eigenvalue weighted by atomic mass is 32.1. The number of phenols is 1. The second-order valence-corrected chi connectivity index (χ2v) is 7.36. The van der Waals surface area contributed by atoms with E-state index in [1.54, 1.807) is 12.1 Å². The molecule has 0 aliphatic rings. The van der Waals surface area contributed by atoms with Crippen molar-refractivity contribution >= 4 is 38.8 Å². The Morgan fingerprint density at radius 2 is 1.93 bits per heavy atom. The van der Waals surface area contributed by atoms with Crippen molar-refractivity contribution in [3.63, 3.8) is 0 Å². The molecule has 0 bridgehead atoms. The number of para-hydroxylation sites is 1. The quantitative estimate of drug-likeness (QED) is 0.401. The van der Waals surface area contributed by atoms with Gasteiger partial charge < -0.3 is 15.2 Å². The molecule has 4 rings (SSSR count). The number of nitrogens with one attached hydrogen (secondary N) is 1. The largest absolute Gasteiger partial charge is 0.507 e. The standard InChI is InChI=1S/C21H15N3O5S/c1-29-18-9-6-12(10-16(18)24(27)28)20(26)22-13-7-8-14(17(25)11-13)21-23-15-4-2-3-5-19(15)30-21/h2-11H,1H3,(H2-,22,23,25,26,27,28)/p+1. The van der Waals surface area contributed by atoms with Crippen LogP contribution in [0.1, 0.15) is 10.4 Å². The van der Waals surface area contributed by atoms with Gasteiger partial charge >= 0.3 is 5.69 Å². The van der Waals surface area contributed by atoms with Gasteiger partial charge in [0, 0.05) is 23.4 Å². The molecule has 30 heavy (non-hydrogen) atoms. The Morgan fingerprint density at radius 3 is 2.63 bits per heavy atom. The fraction of sp³-hybridized carbons (Fsp3) is 0.0476. The van der Waals surface area contributed by atoms with Crippen LogP contribution in [0, 0.1) is 4.91 Å². The van der Waals surface area contributed by atoms with E-state index in [1.165, 1.54) is 42.7 Å². The summed E-state index contributed by atoms with van der Waals surface area (Å²) in [5.74, 6) is -0.418. The molecule has 3 aromatic carbocycles. The molecule has 0 saturated heterocycles. The molecule has 0 radical (unpaired) electrons. The van der Waals surface area contributed by atoms with Crippen LogP contribution in [0.5, 0.6) is 11.5 Å². The zero-order valence-electron chi connectivity index (χ0n) is 15.7. The molecule has 0 saturated carbocycles. The van der Waals surface area contributed by atoms with E-state index in [0.717, 1.165) is 10.2 Å². The van der Waals surface area contributed by atoms with Crippen LogP contribution in [0.25, 0.3) is 20.8 Å². The van der Waals surface area contributed by atoms with Crippen molar-refractivity contribution in [3.8, 4) is 22.1 Å². The lowest BCUT2D eigenvalue weighted by Gasteiger charge is -2.08. The lowest BCUT2D eigenvalue weighted by molar-refractivity contribution is -0.730. The molecule has 0 aliphatic carbocycles. The number of phenolic OH excluding ortho intramolecular Hbond substituents is 1. The van der Waals surface area contributed by atoms with Crippen LogP contribution in [-0.4, -0.2) is 33.2 Å². The fourth-order valence-corrected chi connectivity index (χ4v) is 3.96. The summed E-state index contributed by atoms with van der Waals surface area (Å²) >= 11 is 1.46. The predicted molar refractivity (Wildman–Crippen MR) is 113 cm³/mol. The van der Waals surface area contributed by atoms with Crippen LogP contribution in [0.4, 0.5) is 11.4 Å². The van der Waals surface area contributed by atoms with Gasteiger partial charge in [0.1, 0.15) is 10.8 Å². The Morgan fingerprint density at radius 1 is 1.13 bits per heavy atom. The Bertz CT molecular complexity index is 1250. The minimum atomic E-state index is -0.520. The fourth-order valence-electron chi connectivity index (χ4n) is 2.96. The number of carbonyl (C=O) groups excluding carboxylic acids is 1. The molecule has 9 heteroatoms. The summed E-state index contributed by atoms with van der Waals surface area (Å²) in [6, 6.07) is 16.5. The van der Waals surface area contributed by atoms with E-state index < -0.39 is 5.91 Å². The Kier molecular flexibility index (Phi) is 5.03. The molecule has 0 unspecified atom stereocenters. The van der Waals surface area contributed by atoms with Crippen LogP contribution in [0.15, 0.2) is 60.7 Å². The third-order valence-corrected chi connectivity index (χ3v) is 5.50. The van der Waals surface area contributed by atoms with E-state index in [0.29, 0.717) is 16.3 Å². The van der Waals surface area contributed by atoms with Crippen molar-refractivity contribution in [2.45, 2.75) is 0 Å². The predicted octanol–water partition coefficient (Wildman–Crippen LogP) is 4.73. The molecule has 0 spiro atoms. The number of methoxy groups -OCH3 is 1. The van der Waals surface area contributed by atoms with Gasteiger partial charge in [-0.3, -0.25) is 4.79 Å². The number of amides is 1. The summed E-state index contributed by atoms with van der Waals surface area (Å²) in [6.45, 7) is 0. The summed E-state index contributed by atoms with van der Waals surface area (Å²) in [7, 11) is 1.35. The first-order valence-corrected chi connectivity index (χ1v) is 9.62. The van der Waals surface area contributed by atoms with Crippen LogP contribution in [0.3, 0.4) is 0 Å². The highest BCUT2D eigenvalue weighted by molar-refractivity contribution is 7.21. The summed E-state index contributed by atoms with van der Waals surface area (Å²) in [5, 5.41) is 23.0. The maximum absolute atomic E-state index is 12.5. The number of aromatic nitrogens is 1. The number of hydrogen-bond donors (Lipinski definition) is 3. The number of carbonyl (C=O) groups is 1. The number of ether oxygens (including phenoxy) is 1.